The van der Waals surface area contributed by atoms with Crippen molar-refractivity contribution in [1.29, 1.82) is 0 Å². The van der Waals surface area contributed by atoms with Crippen molar-refractivity contribution >= 4 is 0 Å². The van der Waals surface area contributed by atoms with Gasteiger partial charge >= 0.3 is 0 Å². The van der Waals surface area contributed by atoms with E-state index in [4.69, 9.17) is 5.11 Å². The molecule has 2 heteroatoms. The maximum Gasteiger partial charge on any atom is 0.129 e. The van der Waals surface area contributed by atoms with Gasteiger partial charge < -0.3 is 5.11 Å². The fourth-order valence-corrected chi connectivity index (χ4v) is 0.582. The van der Waals surface area contributed by atoms with E-state index in [1.165, 1.54) is 12.1 Å². The summed E-state index contributed by atoms with van der Waals surface area (Å²) in [5.74, 6) is -0.395. The molecule has 0 saturated carbocycles. The molecule has 0 radical (unpaired) electrons. The first kappa shape index (κ1) is 9.95. The Kier molecular flexibility index (Phi) is 4.27. The van der Waals surface area contributed by atoms with Crippen LogP contribution in [0.15, 0.2) is 18.2 Å². The molecule has 1 rings (SSSR count). The zero-order valence-corrected chi connectivity index (χ0v) is 7.06. The normalized spacial score (nSPS) is 8.36. The minimum atomic E-state index is -0.366. The second-order valence-electron chi connectivity index (χ2n) is 1.93. The van der Waals surface area contributed by atoms with Crippen LogP contribution in [-0.4, -0.2) is 5.11 Å². The van der Waals surface area contributed by atoms with Gasteiger partial charge in [0.15, 0.2) is 0 Å². The molecule has 0 saturated heterocycles. The number of phenols is 1. The molecule has 0 aliphatic heterocycles. The number of rotatable bonds is 0. The zero-order chi connectivity index (χ0) is 8.85. The molecular weight excluding hydrogens is 143 g/mol. The van der Waals surface area contributed by atoms with Gasteiger partial charge in [-0.05, 0) is 18.6 Å². The Morgan fingerprint density at radius 1 is 1.27 bits per heavy atom. The number of hydrogen-bond donors (Lipinski definition) is 1. The summed E-state index contributed by atoms with van der Waals surface area (Å²) in [6.07, 6.45) is 0. The highest BCUT2D eigenvalue weighted by atomic mass is 19.1. The van der Waals surface area contributed by atoms with E-state index in [0.29, 0.717) is 5.56 Å². The lowest BCUT2D eigenvalue weighted by Gasteiger charge is -1.93. The first-order chi connectivity index (χ1) is 5.20. The second kappa shape index (κ2) is 4.72. The van der Waals surface area contributed by atoms with Crippen LogP contribution in [0.3, 0.4) is 0 Å². The number of hydrogen-bond acceptors (Lipinski definition) is 1. The Morgan fingerprint density at radius 3 is 2.18 bits per heavy atom. The molecule has 0 amide bonds. The number of halogens is 1. The van der Waals surface area contributed by atoms with Crippen molar-refractivity contribution in [2.24, 2.45) is 0 Å². The maximum atomic E-state index is 12.4. The lowest BCUT2D eigenvalue weighted by molar-refractivity contribution is 0.468. The molecule has 1 N–H and O–H groups in total. The van der Waals surface area contributed by atoms with E-state index in [2.05, 4.69) is 0 Å². The molecule has 62 valence electrons. The third kappa shape index (κ3) is 3.03. The van der Waals surface area contributed by atoms with Gasteiger partial charge in [0.25, 0.3) is 0 Å². The van der Waals surface area contributed by atoms with Crippen LogP contribution in [-0.2, 0) is 0 Å². The van der Waals surface area contributed by atoms with Crippen molar-refractivity contribution in [2.75, 3.05) is 0 Å². The van der Waals surface area contributed by atoms with E-state index >= 15 is 0 Å². The molecule has 0 heterocycles. The lowest BCUT2D eigenvalue weighted by atomic mass is 10.2. The van der Waals surface area contributed by atoms with E-state index in [0.717, 1.165) is 6.07 Å². The SMILES string of the molecule is CC.Cc1ccc(O)cc1F. The first-order valence-corrected chi connectivity index (χ1v) is 3.65. The quantitative estimate of drug-likeness (QED) is 0.612. The van der Waals surface area contributed by atoms with Gasteiger partial charge in [0.2, 0.25) is 0 Å². The molecule has 0 aliphatic carbocycles. The molecule has 0 atom stereocenters. The average Bonchev–Trinajstić information content (AvgIpc) is 2.02. The zero-order valence-electron chi connectivity index (χ0n) is 7.06. The summed E-state index contributed by atoms with van der Waals surface area (Å²) in [5.41, 5.74) is 0.549. The van der Waals surface area contributed by atoms with E-state index in [-0.39, 0.29) is 11.6 Å². The number of benzene rings is 1. The summed E-state index contributed by atoms with van der Waals surface area (Å²) >= 11 is 0. The Hall–Kier alpha value is -1.05. The van der Waals surface area contributed by atoms with Gasteiger partial charge in [0.1, 0.15) is 11.6 Å². The summed E-state index contributed by atoms with van der Waals surface area (Å²) in [4.78, 5) is 0. The Bertz CT molecular complexity index is 221. The summed E-state index contributed by atoms with van der Waals surface area (Å²) in [5, 5.41) is 8.70. The lowest BCUT2D eigenvalue weighted by Crippen LogP contribution is -1.78. The topological polar surface area (TPSA) is 20.2 Å². The molecule has 0 aromatic heterocycles. The molecule has 1 nitrogen and oxygen atoms in total. The van der Waals surface area contributed by atoms with E-state index in [1.807, 2.05) is 13.8 Å². The van der Waals surface area contributed by atoms with Crippen LogP contribution < -0.4 is 0 Å². The molecular formula is C9H13FO. The van der Waals surface area contributed by atoms with Gasteiger partial charge in [-0.1, -0.05) is 19.9 Å². The van der Waals surface area contributed by atoms with E-state index < -0.39 is 0 Å². The number of aryl methyl sites for hydroxylation is 1. The van der Waals surface area contributed by atoms with Crippen molar-refractivity contribution in [3.8, 4) is 5.75 Å². The standard InChI is InChI=1S/C7H7FO.C2H6/c1-5-2-3-6(9)4-7(5)8;1-2/h2-4,9H,1H3;1-2H3. The van der Waals surface area contributed by atoms with Gasteiger partial charge in [-0.15, -0.1) is 0 Å². The van der Waals surface area contributed by atoms with Crippen LogP contribution in [0, 0.1) is 12.7 Å². The fourth-order valence-electron chi connectivity index (χ4n) is 0.582. The van der Waals surface area contributed by atoms with Crippen LogP contribution in [0.4, 0.5) is 4.39 Å². The smallest absolute Gasteiger partial charge is 0.129 e. The highest BCUT2D eigenvalue weighted by Gasteiger charge is 1.95. The van der Waals surface area contributed by atoms with Crippen molar-refractivity contribution in [3.63, 3.8) is 0 Å². The number of aromatic hydroxyl groups is 1. The van der Waals surface area contributed by atoms with Crippen molar-refractivity contribution < 1.29 is 9.50 Å². The summed E-state index contributed by atoms with van der Waals surface area (Å²) in [6, 6.07) is 4.08. The molecule has 0 spiro atoms. The van der Waals surface area contributed by atoms with Crippen LogP contribution >= 0.6 is 0 Å². The third-order valence-electron chi connectivity index (χ3n) is 1.16. The Morgan fingerprint density at radius 2 is 1.82 bits per heavy atom. The molecule has 0 unspecified atom stereocenters. The molecule has 11 heavy (non-hydrogen) atoms. The van der Waals surface area contributed by atoms with Crippen molar-refractivity contribution in [3.05, 3.63) is 29.6 Å². The molecule has 0 fully saturated rings. The van der Waals surface area contributed by atoms with Crippen molar-refractivity contribution in [1.82, 2.24) is 0 Å². The van der Waals surface area contributed by atoms with E-state index in [1.54, 1.807) is 6.92 Å². The number of phenolic OH excluding ortho intramolecular Hbond substituents is 1. The minimum Gasteiger partial charge on any atom is -0.508 e. The predicted octanol–water partition coefficient (Wildman–Crippen LogP) is 2.87. The first-order valence-electron chi connectivity index (χ1n) is 3.65. The summed E-state index contributed by atoms with van der Waals surface area (Å²) in [7, 11) is 0. The van der Waals surface area contributed by atoms with Gasteiger partial charge in [0.05, 0.1) is 0 Å². The average molecular weight is 156 g/mol. The molecule has 0 bridgehead atoms. The molecule has 0 aliphatic rings. The predicted molar refractivity (Wildman–Crippen MR) is 44.1 cm³/mol. The Balaban J connectivity index is 0.000000461. The second-order valence-corrected chi connectivity index (χ2v) is 1.93. The molecule has 1 aromatic carbocycles. The summed E-state index contributed by atoms with van der Waals surface area (Å²) in [6.45, 7) is 5.65. The van der Waals surface area contributed by atoms with E-state index in [9.17, 15) is 4.39 Å². The van der Waals surface area contributed by atoms with Crippen LogP contribution in [0.5, 0.6) is 5.75 Å². The monoisotopic (exact) mass is 156 g/mol. The highest BCUT2D eigenvalue weighted by Crippen LogP contribution is 2.12. The van der Waals surface area contributed by atoms with Gasteiger partial charge in [-0.2, -0.15) is 0 Å². The van der Waals surface area contributed by atoms with Crippen molar-refractivity contribution in [2.45, 2.75) is 20.8 Å². The minimum absolute atomic E-state index is 0.0295. The third-order valence-corrected chi connectivity index (χ3v) is 1.16. The van der Waals surface area contributed by atoms with Crippen LogP contribution in [0.25, 0.3) is 0 Å². The van der Waals surface area contributed by atoms with Crippen LogP contribution in [0.2, 0.25) is 0 Å². The maximum absolute atomic E-state index is 12.4. The van der Waals surface area contributed by atoms with Gasteiger partial charge in [0, 0.05) is 6.07 Å². The van der Waals surface area contributed by atoms with Crippen LogP contribution in [0.1, 0.15) is 19.4 Å². The van der Waals surface area contributed by atoms with Gasteiger partial charge in [-0.3, -0.25) is 0 Å². The summed E-state index contributed by atoms with van der Waals surface area (Å²) < 4.78 is 12.4. The van der Waals surface area contributed by atoms with Gasteiger partial charge in [-0.25, -0.2) is 4.39 Å². The Labute approximate surface area is 66.5 Å². The largest absolute Gasteiger partial charge is 0.508 e. The highest BCUT2D eigenvalue weighted by molar-refractivity contribution is 5.26. The fraction of sp³-hybridized carbons (Fsp3) is 0.333. The molecule has 1 aromatic rings.